The minimum Gasteiger partial charge on any atom is -0.381 e. The van der Waals surface area contributed by atoms with Crippen LogP contribution in [0, 0.1) is 11.8 Å². The fourth-order valence-electron chi connectivity index (χ4n) is 3.19. The second kappa shape index (κ2) is 10.7. The van der Waals surface area contributed by atoms with E-state index in [1.54, 1.807) is 0 Å². The minimum absolute atomic E-state index is 0.771. The van der Waals surface area contributed by atoms with Gasteiger partial charge in [-0.15, -0.1) is 0 Å². The number of hydrogen-bond donors (Lipinski definition) is 1. The van der Waals surface area contributed by atoms with Crippen LogP contribution < -0.4 is 5.32 Å². The van der Waals surface area contributed by atoms with Crippen molar-refractivity contribution in [2.45, 2.75) is 78.2 Å². The average molecular weight is 269 g/mol. The van der Waals surface area contributed by atoms with Gasteiger partial charge in [0.05, 0.1) is 0 Å². The summed E-state index contributed by atoms with van der Waals surface area (Å²) in [6.07, 6.45) is 10.7. The molecule has 0 saturated heterocycles. The molecule has 0 aromatic carbocycles. The zero-order chi connectivity index (χ0) is 13.9. The summed E-state index contributed by atoms with van der Waals surface area (Å²) in [5.74, 6) is 1.82. The zero-order valence-corrected chi connectivity index (χ0v) is 13.4. The molecule has 1 fully saturated rings. The summed E-state index contributed by atoms with van der Waals surface area (Å²) in [7, 11) is 0. The van der Waals surface area contributed by atoms with Crippen molar-refractivity contribution in [3.8, 4) is 0 Å². The Morgan fingerprint density at radius 1 is 1.16 bits per heavy atom. The third-order valence-electron chi connectivity index (χ3n) is 4.13. The van der Waals surface area contributed by atoms with E-state index < -0.39 is 0 Å². The standard InChI is InChI=1S/C17H35NO/c1-4-5-11-19-12-7-10-18-17-9-6-8-16(14-17)13-15(2)3/h15-18H,4-14H2,1-3H3. The fourth-order valence-corrected chi connectivity index (χ4v) is 3.19. The topological polar surface area (TPSA) is 21.3 Å². The second-order valence-electron chi connectivity index (χ2n) is 6.63. The molecule has 0 radical (unpaired) electrons. The Morgan fingerprint density at radius 3 is 2.68 bits per heavy atom. The highest BCUT2D eigenvalue weighted by Gasteiger charge is 2.21. The molecule has 1 aliphatic carbocycles. The van der Waals surface area contributed by atoms with Gasteiger partial charge in [0.15, 0.2) is 0 Å². The Kier molecular flexibility index (Phi) is 9.54. The number of ether oxygens (including phenoxy) is 1. The normalized spacial score (nSPS) is 24.0. The van der Waals surface area contributed by atoms with Gasteiger partial charge in [-0.1, -0.05) is 40.0 Å². The van der Waals surface area contributed by atoms with E-state index >= 15 is 0 Å². The van der Waals surface area contributed by atoms with Crippen LogP contribution in [0.5, 0.6) is 0 Å². The summed E-state index contributed by atoms with van der Waals surface area (Å²) in [5, 5.41) is 3.74. The summed E-state index contributed by atoms with van der Waals surface area (Å²) < 4.78 is 5.60. The van der Waals surface area contributed by atoms with E-state index in [0.717, 1.165) is 44.1 Å². The van der Waals surface area contributed by atoms with Crippen molar-refractivity contribution in [2.75, 3.05) is 19.8 Å². The Balaban J connectivity index is 1.99. The maximum Gasteiger partial charge on any atom is 0.0478 e. The first kappa shape index (κ1) is 17.0. The molecule has 19 heavy (non-hydrogen) atoms. The summed E-state index contributed by atoms with van der Waals surface area (Å²) in [6, 6.07) is 0.771. The molecule has 0 heterocycles. The molecule has 0 aliphatic heterocycles. The molecular formula is C17H35NO. The van der Waals surface area contributed by atoms with Crippen molar-refractivity contribution in [3.63, 3.8) is 0 Å². The molecule has 0 aromatic heterocycles. The highest BCUT2D eigenvalue weighted by Crippen LogP contribution is 2.29. The first-order valence-corrected chi connectivity index (χ1v) is 8.53. The lowest BCUT2D eigenvalue weighted by Gasteiger charge is -2.31. The lowest BCUT2D eigenvalue weighted by atomic mass is 9.81. The molecule has 0 bridgehead atoms. The van der Waals surface area contributed by atoms with Crippen LogP contribution in [0.3, 0.4) is 0 Å². The Hall–Kier alpha value is -0.0800. The smallest absolute Gasteiger partial charge is 0.0478 e. The van der Waals surface area contributed by atoms with Gasteiger partial charge in [0.1, 0.15) is 0 Å². The molecule has 0 amide bonds. The van der Waals surface area contributed by atoms with Crippen LogP contribution in [-0.4, -0.2) is 25.8 Å². The van der Waals surface area contributed by atoms with Crippen LogP contribution >= 0.6 is 0 Å². The van der Waals surface area contributed by atoms with Gasteiger partial charge in [-0.25, -0.2) is 0 Å². The Labute approximate surface area is 120 Å². The largest absolute Gasteiger partial charge is 0.381 e. The maximum absolute atomic E-state index is 5.60. The van der Waals surface area contributed by atoms with Crippen molar-refractivity contribution in [3.05, 3.63) is 0 Å². The van der Waals surface area contributed by atoms with Gasteiger partial charge in [-0.3, -0.25) is 0 Å². The predicted octanol–water partition coefficient (Wildman–Crippen LogP) is 4.39. The summed E-state index contributed by atoms with van der Waals surface area (Å²) in [5.41, 5.74) is 0. The number of hydrogen-bond acceptors (Lipinski definition) is 2. The highest BCUT2D eigenvalue weighted by atomic mass is 16.5. The minimum atomic E-state index is 0.771. The van der Waals surface area contributed by atoms with Crippen LogP contribution in [0.2, 0.25) is 0 Å². The molecule has 1 saturated carbocycles. The monoisotopic (exact) mass is 269 g/mol. The fraction of sp³-hybridized carbons (Fsp3) is 1.00. The van der Waals surface area contributed by atoms with Crippen molar-refractivity contribution in [1.29, 1.82) is 0 Å². The van der Waals surface area contributed by atoms with Gasteiger partial charge >= 0.3 is 0 Å². The Bertz CT molecular complexity index is 205. The molecule has 1 aliphatic rings. The van der Waals surface area contributed by atoms with Crippen LogP contribution in [0.1, 0.15) is 72.1 Å². The SMILES string of the molecule is CCCCOCCCNC1CCCC(CC(C)C)C1. The van der Waals surface area contributed by atoms with Gasteiger partial charge < -0.3 is 10.1 Å². The third-order valence-corrected chi connectivity index (χ3v) is 4.13. The van der Waals surface area contributed by atoms with Crippen LogP contribution in [0.25, 0.3) is 0 Å². The molecule has 0 spiro atoms. The molecule has 114 valence electrons. The number of rotatable bonds is 10. The van der Waals surface area contributed by atoms with Crippen LogP contribution in [-0.2, 0) is 4.74 Å². The van der Waals surface area contributed by atoms with E-state index in [1.807, 2.05) is 0 Å². The van der Waals surface area contributed by atoms with E-state index in [9.17, 15) is 0 Å². The van der Waals surface area contributed by atoms with Gasteiger partial charge in [-0.05, 0) is 50.5 Å². The van der Waals surface area contributed by atoms with Crippen molar-refractivity contribution in [2.24, 2.45) is 11.8 Å². The van der Waals surface area contributed by atoms with E-state index in [0.29, 0.717) is 0 Å². The number of nitrogens with one attached hydrogen (secondary N) is 1. The summed E-state index contributed by atoms with van der Waals surface area (Å²) >= 11 is 0. The van der Waals surface area contributed by atoms with Crippen molar-refractivity contribution >= 4 is 0 Å². The highest BCUT2D eigenvalue weighted by molar-refractivity contribution is 4.78. The van der Waals surface area contributed by atoms with E-state index in [2.05, 4.69) is 26.1 Å². The Morgan fingerprint density at radius 2 is 1.95 bits per heavy atom. The lowest BCUT2D eigenvalue weighted by molar-refractivity contribution is 0.127. The van der Waals surface area contributed by atoms with Gasteiger partial charge in [0, 0.05) is 19.3 Å². The first-order valence-electron chi connectivity index (χ1n) is 8.53. The third kappa shape index (κ3) is 8.65. The quantitative estimate of drug-likeness (QED) is 0.594. The zero-order valence-electron chi connectivity index (χ0n) is 13.4. The molecule has 1 rings (SSSR count). The van der Waals surface area contributed by atoms with E-state index in [-0.39, 0.29) is 0 Å². The van der Waals surface area contributed by atoms with Gasteiger partial charge in [-0.2, -0.15) is 0 Å². The molecule has 2 unspecified atom stereocenters. The molecule has 2 heteroatoms. The molecule has 2 nitrogen and oxygen atoms in total. The second-order valence-corrected chi connectivity index (χ2v) is 6.63. The molecule has 0 aromatic rings. The van der Waals surface area contributed by atoms with Crippen LogP contribution in [0.15, 0.2) is 0 Å². The first-order chi connectivity index (χ1) is 9.22. The van der Waals surface area contributed by atoms with Crippen molar-refractivity contribution in [1.82, 2.24) is 5.32 Å². The van der Waals surface area contributed by atoms with Gasteiger partial charge in [0.25, 0.3) is 0 Å². The van der Waals surface area contributed by atoms with Gasteiger partial charge in [0.2, 0.25) is 0 Å². The lowest BCUT2D eigenvalue weighted by Crippen LogP contribution is -2.35. The van der Waals surface area contributed by atoms with Crippen LogP contribution in [0.4, 0.5) is 0 Å². The summed E-state index contributed by atoms with van der Waals surface area (Å²) in [6.45, 7) is 9.91. The molecule has 1 N–H and O–H groups in total. The predicted molar refractivity (Wildman–Crippen MR) is 83.5 cm³/mol. The number of unbranched alkanes of at least 4 members (excludes halogenated alkanes) is 1. The maximum atomic E-state index is 5.60. The van der Waals surface area contributed by atoms with Crippen molar-refractivity contribution < 1.29 is 4.74 Å². The summed E-state index contributed by atoms with van der Waals surface area (Å²) in [4.78, 5) is 0. The molecular weight excluding hydrogens is 234 g/mol. The average Bonchev–Trinajstić information content (AvgIpc) is 2.37. The van der Waals surface area contributed by atoms with E-state index in [1.165, 1.54) is 44.9 Å². The molecule has 2 atom stereocenters. The van der Waals surface area contributed by atoms with E-state index in [4.69, 9.17) is 4.74 Å².